The first-order valence-corrected chi connectivity index (χ1v) is 4.83. The Kier molecular flexibility index (Phi) is 1.87. The molecule has 2 heterocycles. The van der Waals surface area contributed by atoms with Crippen LogP contribution in [0.3, 0.4) is 0 Å². The maximum absolute atomic E-state index is 2.93. The van der Waals surface area contributed by atoms with Gasteiger partial charge in [0.1, 0.15) is 0 Å². The van der Waals surface area contributed by atoms with Crippen molar-refractivity contribution in [3.8, 4) is 0 Å². The molecule has 0 radical (unpaired) electrons. The molecule has 0 bridgehead atoms. The van der Waals surface area contributed by atoms with Gasteiger partial charge < -0.3 is 0 Å². The summed E-state index contributed by atoms with van der Waals surface area (Å²) < 4.78 is 2.17. The Bertz CT molecular complexity index is 428. The molecule has 1 nitrogen and oxygen atoms in total. The average molecular weight is 222 g/mol. The Balaban J connectivity index is 2.90. The molecule has 0 spiro atoms. The van der Waals surface area contributed by atoms with Crippen molar-refractivity contribution in [1.82, 2.24) is 4.40 Å². The van der Waals surface area contributed by atoms with Gasteiger partial charge in [0.25, 0.3) is 0 Å². The molecule has 0 aliphatic rings. The van der Waals surface area contributed by atoms with Crippen molar-refractivity contribution in [1.29, 1.82) is 0 Å². The molecule has 12 heavy (non-hydrogen) atoms. The molecule has 2 rings (SSSR count). The summed E-state index contributed by atoms with van der Waals surface area (Å²) in [5, 5.41) is 0. The number of hydrogen-bond acceptors (Lipinski definition) is 0. The van der Waals surface area contributed by atoms with Crippen LogP contribution in [0, 0.1) is 6.92 Å². The van der Waals surface area contributed by atoms with Gasteiger partial charge in [-0.05, 0) is 0 Å². The van der Waals surface area contributed by atoms with E-state index in [1.807, 2.05) is 11.0 Å². The third kappa shape index (κ3) is 1.04. The van der Waals surface area contributed by atoms with E-state index in [9.17, 15) is 0 Å². The summed E-state index contributed by atoms with van der Waals surface area (Å²) in [6.45, 7) is 2.12. The molecule has 0 unspecified atom stereocenters. The second-order valence-electron chi connectivity index (χ2n) is 2.83. The molecule has 0 N–H and O–H groups in total. The van der Waals surface area contributed by atoms with Gasteiger partial charge in [-0.1, -0.05) is 0 Å². The zero-order chi connectivity index (χ0) is 8.55. The molecule has 0 atom stereocenters. The fraction of sp³-hybridized carbons (Fsp3) is 0.100. The summed E-state index contributed by atoms with van der Waals surface area (Å²) >= 11 is 2.93. The minimum atomic E-state index is 1.24. The number of fused-ring (bicyclic) bond motifs is 1. The van der Waals surface area contributed by atoms with Crippen molar-refractivity contribution >= 4 is 26.0 Å². The van der Waals surface area contributed by atoms with Crippen LogP contribution >= 0.6 is 0 Å². The van der Waals surface area contributed by atoms with E-state index in [2.05, 4.69) is 51.3 Å². The molecule has 0 aromatic carbocycles. The summed E-state index contributed by atoms with van der Waals surface area (Å²) in [5.74, 6) is 0. The Morgan fingerprint density at radius 3 is 3.00 bits per heavy atom. The summed E-state index contributed by atoms with van der Waals surface area (Å²) in [7, 11) is 0. The van der Waals surface area contributed by atoms with Crippen LogP contribution in [0.4, 0.5) is 0 Å². The quantitative estimate of drug-likeness (QED) is 0.645. The third-order valence-electron chi connectivity index (χ3n) is 2.03. The maximum atomic E-state index is 2.93. The van der Waals surface area contributed by atoms with E-state index < -0.39 is 0 Å². The number of pyridine rings is 1. The number of rotatable bonds is 1. The van der Waals surface area contributed by atoms with Crippen LogP contribution in [-0.2, 0) is 0 Å². The normalized spacial score (nSPS) is 10.4. The third-order valence-corrected chi connectivity index (χ3v) is 2.50. The van der Waals surface area contributed by atoms with Gasteiger partial charge in [-0.25, -0.2) is 0 Å². The number of nitrogens with zero attached hydrogens (tertiary/aromatic N) is 1. The molecular formula is C10H9NSe. The van der Waals surface area contributed by atoms with E-state index in [0.717, 1.165) is 0 Å². The van der Waals surface area contributed by atoms with Crippen LogP contribution in [-0.4, -0.2) is 24.9 Å². The predicted octanol–water partition coefficient (Wildman–Crippen LogP) is 1.57. The van der Waals surface area contributed by atoms with Crippen LogP contribution < -0.4 is 0 Å². The van der Waals surface area contributed by atoms with Crippen molar-refractivity contribution in [3.63, 3.8) is 0 Å². The topological polar surface area (TPSA) is 4.41 Å². The first-order chi connectivity index (χ1) is 5.83. The number of aryl methyl sites for hydroxylation is 1. The monoisotopic (exact) mass is 223 g/mol. The van der Waals surface area contributed by atoms with E-state index in [1.165, 1.54) is 16.8 Å². The summed E-state index contributed by atoms with van der Waals surface area (Å²) in [6, 6.07) is 8.39. The second-order valence-corrected chi connectivity index (χ2v) is 3.32. The number of aromatic nitrogens is 1. The van der Waals surface area contributed by atoms with Gasteiger partial charge in [0.15, 0.2) is 0 Å². The Hall–Kier alpha value is -0.851. The zero-order valence-corrected chi connectivity index (χ0v) is 8.53. The van der Waals surface area contributed by atoms with Crippen LogP contribution in [0.25, 0.3) is 5.52 Å². The van der Waals surface area contributed by atoms with Crippen molar-refractivity contribution in [3.05, 3.63) is 41.7 Å². The van der Waals surface area contributed by atoms with Gasteiger partial charge in [-0.15, -0.1) is 0 Å². The summed E-state index contributed by atoms with van der Waals surface area (Å²) in [5.41, 5.74) is 3.79. The fourth-order valence-corrected chi connectivity index (χ4v) is 2.06. The minimum absolute atomic E-state index is 1.24. The molecule has 0 saturated heterocycles. The van der Waals surface area contributed by atoms with E-state index in [4.69, 9.17) is 0 Å². The van der Waals surface area contributed by atoms with Gasteiger partial charge in [-0.2, -0.15) is 0 Å². The van der Waals surface area contributed by atoms with Crippen LogP contribution in [0.5, 0.6) is 0 Å². The van der Waals surface area contributed by atoms with Gasteiger partial charge in [-0.3, -0.25) is 0 Å². The molecule has 0 aliphatic carbocycles. The fourth-order valence-electron chi connectivity index (χ4n) is 1.43. The molecule has 2 heteroatoms. The van der Waals surface area contributed by atoms with Crippen LogP contribution in [0.2, 0.25) is 0 Å². The predicted molar refractivity (Wildman–Crippen MR) is 53.1 cm³/mol. The summed E-state index contributed by atoms with van der Waals surface area (Å²) in [4.78, 5) is 2.02. The standard InChI is InChI=1S/C10H9NSe/c1-8-6-9-4-2-3-5-11(9)10(8)7-12/h2-7H,1H3. The molecule has 2 aromatic heterocycles. The summed E-state index contributed by atoms with van der Waals surface area (Å²) in [6.07, 6.45) is 2.07. The second kappa shape index (κ2) is 2.89. The van der Waals surface area contributed by atoms with Crippen LogP contribution in [0.1, 0.15) is 11.3 Å². The Labute approximate surface area is 79.4 Å². The van der Waals surface area contributed by atoms with E-state index in [-0.39, 0.29) is 0 Å². The molecular weight excluding hydrogens is 213 g/mol. The van der Waals surface area contributed by atoms with Gasteiger partial charge in [0, 0.05) is 0 Å². The van der Waals surface area contributed by atoms with Crippen LogP contribution in [0.15, 0.2) is 30.5 Å². The van der Waals surface area contributed by atoms with Crippen molar-refractivity contribution in [2.75, 3.05) is 0 Å². The van der Waals surface area contributed by atoms with Gasteiger partial charge in [0.05, 0.1) is 0 Å². The molecule has 60 valence electrons. The number of hydrogen-bond donors (Lipinski definition) is 0. The zero-order valence-electron chi connectivity index (χ0n) is 6.82. The molecule has 0 saturated carbocycles. The van der Waals surface area contributed by atoms with E-state index >= 15 is 0 Å². The molecule has 0 amide bonds. The first-order valence-electron chi connectivity index (χ1n) is 3.85. The first kappa shape index (κ1) is 7.78. The van der Waals surface area contributed by atoms with Crippen molar-refractivity contribution in [2.24, 2.45) is 0 Å². The molecule has 0 fully saturated rings. The Morgan fingerprint density at radius 2 is 2.25 bits per heavy atom. The van der Waals surface area contributed by atoms with Crippen molar-refractivity contribution in [2.45, 2.75) is 6.92 Å². The van der Waals surface area contributed by atoms with Gasteiger partial charge in [0.2, 0.25) is 0 Å². The van der Waals surface area contributed by atoms with Crippen molar-refractivity contribution < 1.29 is 0 Å². The SMILES string of the molecule is Cc1cc2ccccn2c1C=[Se]. The van der Waals surface area contributed by atoms with E-state index in [0.29, 0.717) is 0 Å². The Morgan fingerprint density at radius 1 is 1.42 bits per heavy atom. The molecule has 0 aliphatic heterocycles. The molecule has 2 aromatic rings. The van der Waals surface area contributed by atoms with E-state index in [1.54, 1.807) is 0 Å². The van der Waals surface area contributed by atoms with Gasteiger partial charge >= 0.3 is 79.1 Å². The average Bonchev–Trinajstić information content (AvgIpc) is 2.40.